The molecule has 1 aliphatic carbocycles. The molecule has 0 spiro atoms. The predicted octanol–water partition coefficient (Wildman–Crippen LogP) is 2.74. The molecular formula is C12H24O2. The van der Waals surface area contributed by atoms with Gasteiger partial charge in [-0.25, -0.2) is 0 Å². The minimum absolute atomic E-state index is 0.0535. The third-order valence-corrected chi connectivity index (χ3v) is 2.95. The molecule has 0 radical (unpaired) electrons. The minimum Gasteiger partial charge on any atom is -0.390 e. The molecule has 0 bridgehead atoms. The molecule has 0 saturated heterocycles. The lowest BCUT2D eigenvalue weighted by Gasteiger charge is -2.36. The first-order chi connectivity index (χ1) is 6.42. The van der Waals surface area contributed by atoms with Gasteiger partial charge in [-0.2, -0.15) is 0 Å². The molecule has 1 aliphatic rings. The summed E-state index contributed by atoms with van der Waals surface area (Å²) in [6, 6.07) is 0. The molecule has 2 unspecified atom stereocenters. The van der Waals surface area contributed by atoms with Crippen LogP contribution in [0.3, 0.4) is 0 Å². The van der Waals surface area contributed by atoms with Crippen molar-refractivity contribution < 1.29 is 9.84 Å². The highest BCUT2D eigenvalue weighted by molar-refractivity contribution is 4.81. The van der Waals surface area contributed by atoms with Gasteiger partial charge in [-0.1, -0.05) is 13.3 Å². The third-order valence-electron chi connectivity index (χ3n) is 2.95. The number of hydrogen-bond acceptors (Lipinski definition) is 2. The fourth-order valence-electron chi connectivity index (χ4n) is 2.17. The van der Waals surface area contributed by atoms with Crippen molar-refractivity contribution in [3.8, 4) is 0 Å². The quantitative estimate of drug-likeness (QED) is 0.742. The van der Waals surface area contributed by atoms with E-state index in [4.69, 9.17) is 4.74 Å². The van der Waals surface area contributed by atoms with E-state index in [0.717, 1.165) is 12.8 Å². The second-order valence-corrected chi connectivity index (χ2v) is 5.42. The van der Waals surface area contributed by atoms with Crippen molar-refractivity contribution in [3.05, 3.63) is 0 Å². The summed E-state index contributed by atoms with van der Waals surface area (Å²) in [5.74, 6) is 0.699. The Balaban J connectivity index is 2.42. The van der Waals surface area contributed by atoms with E-state index in [1.165, 1.54) is 12.8 Å². The highest BCUT2D eigenvalue weighted by atomic mass is 16.5. The van der Waals surface area contributed by atoms with Crippen LogP contribution in [0.5, 0.6) is 0 Å². The van der Waals surface area contributed by atoms with Crippen LogP contribution in [0.2, 0.25) is 0 Å². The molecule has 1 rings (SSSR count). The summed E-state index contributed by atoms with van der Waals surface area (Å²) in [6.07, 6.45) is 4.10. The molecule has 0 aliphatic heterocycles. The first kappa shape index (κ1) is 12.0. The lowest BCUT2D eigenvalue weighted by molar-refractivity contribution is -0.131. The molecule has 3 atom stereocenters. The molecular weight excluding hydrogens is 176 g/mol. The van der Waals surface area contributed by atoms with Crippen molar-refractivity contribution in [1.82, 2.24) is 0 Å². The van der Waals surface area contributed by atoms with E-state index in [1.54, 1.807) is 0 Å². The number of ether oxygens (including phenoxy) is 1. The van der Waals surface area contributed by atoms with E-state index in [0.29, 0.717) is 5.92 Å². The van der Waals surface area contributed by atoms with Crippen LogP contribution in [0, 0.1) is 5.92 Å². The molecule has 14 heavy (non-hydrogen) atoms. The van der Waals surface area contributed by atoms with Gasteiger partial charge in [0, 0.05) is 0 Å². The maximum absolute atomic E-state index is 9.91. The third kappa shape index (κ3) is 3.58. The van der Waals surface area contributed by atoms with Crippen LogP contribution in [-0.4, -0.2) is 22.9 Å². The van der Waals surface area contributed by atoms with Gasteiger partial charge in [0.15, 0.2) is 0 Å². The van der Waals surface area contributed by atoms with Crippen molar-refractivity contribution in [2.45, 2.75) is 71.2 Å². The highest BCUT2D eigenvalue weighted by Gasteiger charge is 2.31. The fraction of sp³-hybridized carbons (Fsp3) is 1.00. The number of hydrogen-bond donors (Lipinski definition) is 1. The van der Waals surface area contributed by atoms with Crippen LogP contribution in [0.4, 0.5) is 0 Å². The summed E-state index contributed by atoms with van der Waals surface area (Å²) in [4.78, 5) is 0. The summed E-state index contributed by atoms with van der Waals surface area (Å²) < 4.78 is 5.83. The van der Waals surface area contributed by atoms with E-state index >= 15 is 0 Å². The summed E-state index contributed by atoms with van der Waals surface area (Å²) >= 11 is 0. The van der Waals surface area contributed by atoms with Crippen molar-refractivity contribution >= 4 is 0 Å². The van der Waals surface area contributed by atoms with E-state index in [1.807, 2.05) is 20.8 Å². The molecule has 0 aromatic carbocycles. The largest absolute Gasteiger partial charge is 0.390 e. The molecule has 2 heteroatoms. The molecule has 0 aromatic rings. The Morgan fingerprint density at radius 1 is 1.29 bits per heavy atom. The van der Waals surface area contributed by atoms with Crippen molar-refractivity contribution in [2.75, 3.05) is 0 Å². The second kappa shape index (κ2) is 4.63. The number of rotatable bonds is 2. The standard InChI is InChI=1S/C12H24O2/c1-5-9-6-7-11(10(13)8-9)14-12(2,3)4/h9-11,13H,5-8H2,1-4H3/t9?,10?,11-/m0/s1. The van der Waals surface area contributed by atoms with Crippen molar-refractivity contribution in [3.63, 3.8) is 0 Å². The summed E-state index contributed by atoms with van der Waals surface area (Å²) in [6.45, 7) is 8.34. The lowest BCUT2D eigenvalue weighted by atomic mass is 9.83. The van der Waals surface area contributed by atoms with E-state index < -0.39 is 0 Å². The zero-order valence-electron chi connectivity index (χ0n) is 9.92. The Morgan fingerprint density at radius 2 is 1.93 bits per heavy atom. The van der Waals surface area contributed by atoms with Gasteiger partial charge in [0.05, 0.1) is 17.8 Å². The van der Waals surface area contributed by atoms with Crippen molar-refractivity contribution in [2.24, 2.45) is 5.92 Å². The molecule has 0 heterocycles. The smallest absolute Gasteiger partial charge is 0.0841 e. The maximum Gasteiger partial charge on any atom is 0.0841 e. The molecule has 1 N–H and O–H groups in total. The first-order valence-electron chi connectivity index (χ1n) is 5.78. The fourth-order valence-corrected chi connectivity index (χ4v) is 2.17. The molecule has 1 fully saturated rings. The van der Waals surface area contributed by atoms with Crippen LogP contribution in [0.15, 0.2) is 0 Å². The van der Waals surface area contributed by atoms with Crippen LogP contribution < -0.4 is 0 Å². The Bertz CT molecular complexity index is 172. The van der Waals surface area contributed by atoms with E-state index in [2.05, 4.69) is 6.92 Å². The van der Waals surface area contributed by atoms with Gasteiger partial charge in [-0.3, -0.25) is 0 Å². The number of aliphatic hydroxyl groups excluding tert-OH is 1. The molecule has 0 aromatic heterocycles. The Kier molecular flexibility index (Phi) is 3.96. The highest BCUT2D eigenvalue weighted by Crippen LogP contribution is 2.30. The van der Waals surface area contributed by atoms with Crippen LogP contribution in [0.1, 0.15) is 53.4 Å². The van der Waals surface area contributed by atoms with Crippen LogP contribution >= 0.6 is 0 Å². The van der Waals surface area contributed by atoms with Crippen LogP contribution in [-0.2, 0) is 4.74 Å². The summed E-state index contributed by atoms with van der Waals surface area (Å²) in [7, 11) is 0. The van der Waals surface area contributed by atoms with Gasteiger partial charge in [-0.15, -0.1) is 0 Å². The zero-order chi connectivity index (χ0) is 10.8. The number of aliphatic hydroxyl groups is 1. The van der Waals surface area contributed by atoms with Gasteiger partial charge >= 0.3 is 0 Å². The van der Waals surface area contributed by atoms with Crippen molar-refractivity contribution in [1.29, 1.82) is 0 Å². The average molecular weight is 200 g/mol. The van der Waals surface area contributed by atoms with Gasteiger partial charge in [0.1, 0.15) is 0 Å². The topological polar surface area (TPSA) is 29.5 Å². The van der Waals surface area contributed by atoms with Gasteiger partial charge in [-0.05, 0) is 46.0 Å². The molecule has 84 valence electrons. The minimum atomic E-state index is -0.257. The van der Waals surface area contributed by atoms with Gasteiger partial charge in [0.2, 0.25) is 0 Å². The summed E-state index contributed by atoms with van der Waals surface area (Å²) in [5.41, 5.74) is -0.134. The molecule has 0 amide bonds. The van der Waals surface area contributed by atoms with E-state index in [9.17, 15) is 5.11 Å². The van der Waals surface area contributed by atoms with Gasteiger partial charge in [0.25, 0.3) is 0 Å². The van der Waals surface area contributed by atoms with Gasteiger partial charge < -0.3 is 9.84 Å². The summed E-state index contributed by atoms with van der Waals surface area (Å²) in [5, 5.41) is 9.91. The lowest BCUT2D eigenvalue weighted by Crippen LogP contribution is -2.40. The van der Waals surface area contributed by atoms with E-state index in [-0.39, 0.29) is 17.8 Å². The average Bonchev–Trinajstić information content (AvgIpc) is 2.06. The Labute approximate surface area is 87.7 Å². The zero-order valence-corrected chi connectivity index (χ0v) is 9.92. The maximum atomic E-state index is 9.91. The SMILES string of the molecule is CCC1CC[C@H](OC(C)(C)C)C(O)C1. The van der Waals surface area contributed by atoms with Crippen LogP contribution in [0.25, 0.3) is 0 Å². The Morgan fingerprint density at radius 3 is 2.36 bits per heavy atom. The predicted molar refractivity (Wildman–Crippen MR) is 58.3 cm³/mol. The second-order valence-electron chi connectivity index (χ2n) is 5.42. The first-order valence-corrected chi connectivity index (χ1v) is 5.78. The normalized spacial score (nSPS) is 34.5. The molecule has 1 saturated carbocycles. The Hall–Kier alpha value is -0.0800. The molecule has 2 nitrogen and oxygen atoms in total. The monoisotopic (exact) mass is 200 g/mol.